The third kappa shape index (κ3) is 2.76. The molecule has 1 fully saturated rings. The lowest BCUT2D eigenvalue weighted by Gasteiger charge is -2.23. The molecule has 0 amide bonds. The summed E-state index contributed by atoms with van der Waals surface area (Å²) in [6.45, 7) is 2.66. The molecule has 4 heteroatoms. The Kier molecular flexibility index (Phi) is 3.97. The fourth-order valence-corrected chi connectivity index (χ4v) is 2.25. The van der Waals surface area contributed by atoms with E-state index < -0.39 is 0 Å². The SMILES string of the molecule is COc1cccc(CN(C)C2CCNC2)c1F. The normalized spacial score (nSPS) is 19.9. The molecule has 1 aliphatic rings. The van der Waals surface area contributed by atoms with Gasteiger partial charge in [-0.3, -0.25) is 4.90 Å². The van der Waals surface area contributed by atoms with Crippen molar-refractivity contribution in [2.45, 2.75) is 19.0 Å². The maximum absolute atomic E-state index is 14.0. The van der Waals surface area contributed by atoms with Gasteiger partial charge in [0.15, 0.2) is 11.6 Å². The van der Waals surface area contributed by atoms with Gasteiger partial charge in [-0.1, -0.05) is 12.1 Å². The molecule has 0 spiro atoms. The summed E-state index contributed by atoms with van der Waals surface area (Å²) in [5.74, 6) is 0.0771. The Morgan fingerprint density at radius 3 is 3.00 bits per heavy atom. The van der Waals surface area contributed by atoms with Crippen LogP contribution in [0.25, 0.3) is 0 Å². The predicted octanol–water partition coefficient (Wildman–Crippen LogP) is 1.63. The van der Waals surface area contributed by atoms with Crippen LogP contribution >= 0.6 is 0 Å². The van der Waals surface area contributed by atoms with Gasteiger partial charge in [0.05, 0.1) is 7.11 Å². The number of nitrogens with zero attached hydrogens (tertiary/aromatic N) is 1. The number of halogens is 1. The lowest BCUT2D eigenvalue weighted by Crippen LogP contribution is -2.33. The van der Waals surface area contributed by atoms with Gasteiger partial charge in [-0.25, -0.2) is 4.39 Å². The first-order valence-electron chi connectivity index (χ1n) is 5.94. The standard InChI is InChI=1S/C13H19FN2O/c1-16(11-6-7-15-8-11)9-10-4-3-5-12(17-2)13(10)14/h3-5,11,15H,6-9H2,1-2H3. The van der Waals surface area contributed by atoms with Crippen molar-refractivity contribution in [3.05, 3.63) is 29.6 Å². The molecular formula is C13H19FN2O. The van der Waals surface area contributed by atoms with Crippen LogP contribution in [0.4, 0.5) is 4.39 Å². The van der Waals surface area contributed by atoms with Crippen molar-refractivity contribution in [1.82, 2.24) is 10.2 Å². The largest absolute Gasteiger partial charge is 0.494 e. The van der Waals surface area contributed by atoms with Gasteiger partial charge < -0.3 is 10.1 Å². The first-order valence-corrected chi connectivity index (χ1v) is 5.94. The average molecular weight is 238 g/mol. The highest BCUT2D eigenvalue weighted by Gasteiger charge is 2.20. The monoisotopic (exact) mass is 238 g/mol. The van der Waals surface area contributed by atoms with Crippen LogP contribution in [0, 0.1) is 5.82 Å². The van der Waals surface area contributed by atoms with Gasteiger partial charge in [-0.15, -0.1) is 0 Å². The molecule has 0 saturated carbocycles. The van der Waals surface area contributed by atoms with Crippen LogP contribution in [0.5, 0.6) is 5.75 Å². The molecule has 1 saturated heterocycles. The zero-order valence-electron chi connectivity index (χ0n) is 10.4. The number of nitrogens with one attached hydrogen (secondary N) is 1. The van der Waals surface area contributed by atoms with E-state index in [0.29, 0.717) is 23.9 Å². The summed E-state index contributed by atoms with van der Waals surface area (Å²) >= 11 is 0. The van der Waals surface area contributed by atoms with E-state index in [9.17, 15) is 4.39 Å². The smallest absolute Gasteiger partial charge is 0.169 e. The minimum atomic E-state index is -0.243. The molecule has 0 radical (unpaired) electrons. The predicted molar refractivity (Wildman–Crippen MR) is 65.7 cm³/mol. The Morgan fingerprint density at radius 2 is 2.35 bits per heavy atom. The van der Waals surface area contributed by atoms with Gasteiger partial charge >= 0.3 is 0 Å². The highest BCUT2D eigenvalue weighted by atomic mass is 19.1. The van der Waals surface area contributed by atoms with E-state index in [1.165, 1.54) is 7.11 Å². The van der Waals surface area contributed by atoms with Crippen LogP contribution in [0.2, 0.25) is 0 Å². The molecule has 0 aromatic heterocycles. The van der Waals surface area contributed by atoms with Crippen LogP contribution in [0.3, 0.4) is 0 Å². The minimum Gasteiger partial charge on any atom is -0.494 e. The fourth-order valence-electron chi connectivity index (χ4n) is 2.25. The van der Waals surface area contributed by atoms with Crippen molar-refractivity contribution in [3.8, 4) is 5.75 Å². The molecule has 1 unspecified atom stereocenters. The molecule has 1 aromatic carbocycles. The Hall–Kier alpha value is -1.13. The quantitative estimate of drug-likeness (QED) is 0.863. The molecule has 0 aliphatic carbocycles. The number of benzene rings is 1. The first-order chi connectivity index (χ1) is 8.22. The zero-order valence-corrected chi connectivity index (χ0v) is 10.4. The Labute approximate surface area is 102 Å². The average Bonchev–Trinajstić information content (AvgIpc) is 2.85. The van der Waals surface area contributed by atoms with Crippen molar-refractivity contribution in [3.63, 3.8) is 0 Å². The molecule has 2 rings (SSSR count). The molecule has 3 nitrogen and oxygen atoms in total. The molecule has 1 atom stereocenters. The van der Waals surface area contributed by atoms with Crippen LogP contribution in [0.1, 0.15) is 12.0 Å². The van der Waals surface area contributed by atoms with Gasteiger partial charge in [-0.2, -0.15) is 0 Å². The molecule has 0 bridgehead atoms. The molecule has 1 aliphatic heterocycles. The Morgan fingerprint density at radius 1 is 1.53 bits per heavy atom. The molecule has 1 N–H and O–H groups in total. The lowest BCUT2D eigenvalue weighted by atomic mass is 10.1. The van der Waals surface area contributed by atoms with Crippen LogP contribution in [-0.4, -0.2) is 38.2 Å². The van der Waals surface area contributed by atoms with Gasteiger partial charge in [0.2, 0.25) is 0 Å². The van der Waals surface area contributed by atoms with E-state index in [1.807, 2.05) is 19.2 Å². The number of hydrogen-bond donors (Lipinski definition) is 1. The topological polar surface area (TPSA) is 24.5 Å². The van der Waals surface area contributed by atoms with Gasteiger partial charge in [0.25, 0.3) is 0 Å². The third-order valence-electron chi connectivity index (χ3n) is 3.34. The van der Waals surface area contributed by atoms with Crippen LogP contribution < -0.4 is 10.1 Å². The highest BCUT2D eigenvalue weighted by molar-refractivity contribution is 5.31. The van der Waals surface area contributed by atoms with Crippen LogP contribution in [-0.2, 0) is 6.54 Å². The molecule has 1 aromatic rings. The Bertz CT molecular complexity index is 378. The zero-order chi connectivity index (χ0) is 12.3. The maximum atomic E-state index is 14.0. The van der Waals surface area contributed by atoms with Crippen molar-refractivity contribution in [2.24, 2.45) is 0 Å². The lowest BCUT2D eigenvalue weighted by molar-refractivity contribution is 0.244. The summed E-state index contributed by atoms with van der Waals surface area (Å²) in [4.78, 5) is 2.19. The summed E-state index contributed by atoms with van der Waals surface area (Å²) in [6, 6.07) is 5.80. The highest BCUT2D eigenvalue weighted by Crippen LogP contribution is 2.22. The minimum absolute atomic E-state index is 0.243. The van der Waals surface area contributed by atoms with Gasteiger partial charge in [-0.05, 0) is 26.1 Å². The molecule has 94 valence electrons. The van der Waals surface area contributed by atoms with E-state index in [-0.39, 0.29) is 5.82 Å². The summed E-state index contributed by atoms with van der Waals surface area (Å²) < 4.78 is 18.9. The number of likely N-dealkylation sites (N-methyl/N-ethyl adjacent to an activating group) is 1. The van der Waals surface area contributed by atoms with E-state index in [0.717, 1.165) is 19.5 Å². The van der Waals surface area contributed by atoms with E-state index in [1.54, 1.807) is 6.07 Å². The summed E-state index contributed by atoms with van der Waals surface area (Å²) in [5, 5.41) is 3.32. The summed E-state index contributed by atoms with van der Waals surface area (Å²) in [7, 11) is 3.53. The van der Waals surface area contributed by atoms with Gasteiger partial charge in [0.1, 0.15) is 0 Å². The maximum Gasteiger partial charge on any atom is 0.169 e. The van der Waals surface area contributed by atoms with Crippen molar-refractivity contribution < 1.29 is 9.13 Å². The number of ether oxygens (including phenoxy) is 1. The number of methoxy groups -OCH3 is 1. The van der Waals surface area contributed by atoms with E-state index in [2.05, 4.69) is 10.2 Å². The fraction of sp³-hybridized carbons (Fsp3) is 0.538. The Balaban J connectivity index is 2.07. The number of rotatable bonds is 4. The second-order valence-corrected chi connectivity index (χ2v) is 4.50. The second-order valence-electron chi connectivity index (χ2n) is 4.50. The van der Waals surface area contributed by atoms with Crippen LogP contribution in [0.15, 0.2) is 18.2 Å². The third-order valence-corrected chi connectivity index (χ3v) is 3.34. The van der Waals surface area contributed by atoms with E-state index >= 15 is 0 Å². The van der Waals surface area contributed by atoms with Crippen molar-refractivity contribution in [1.29, 1.82) is 0 Å². The summed E-state index contributed by atoms with van der Waals surface area (Å²) in [6.07, 6.45) is 1.13. The molecule has 1 heterocycles. The van der Waals surface area contributed by atoms with Crippen molar-refractivity contribution >= 4 is 0 Å². The van der Waals surface area contributed by atoms with E-state index in [4.69, 9.17) is 4.74 Å². The molecular weight excluding hydrogens is 219 g/mol. The van der Waals surface area contributed by atoms with Crippen molar-refractivity contribution in [2.75, 3.05) is 27.2 Å². The second kappa shape index (κ2) is 5.47. The molecule has 17 heavy (non-hydrogen) atoms. The summed E-state index contributed by atoms with van der Waals surface area (Å²) in [5.41, 5.74) is 0.693. The number of hydrogen-bond acceptors (Lipinski definition) is 3. The first kappa shape index (κ1) is 12.3. The van der Waals surface area contributed by atoms with Gasteiger partial charge in [0, 0.05) is 24.7 Å².